The van der Waals surface area contributed by atoms with E-state index in [-0.39, 0.29) is 12.7 Å². The molecule has 0 aromatic carbocycles. The van der Waals surface area contributed by atoms with Gasteiger partial charge in [0, 0.05) is 19.7 Å². The van der Waals surface area contributed by atoms with Gasteiger partial charge in [0.05, 0.1) is 0 Å². The summed E-state index contributed by atoms with van der Waals surface area (Å²) in [6.07, 6.45) is 0.618. The third kappa shape index (κ3) is 3.67. The van der Waals surface area contributed by atoms with Gasteiger partial charge in [0.1, 0.15) is 5.60 Å². The van der Waals surface area contributed by atoms with Gasteiger partial charge in [0.25, 0.3) is 0 Å². The van der Waals surface area contributed by atoms with E-state index in [0.29, 0.717) is 24.9 Å². The Morgan fingerprint density at radius 2 is 2.12 bits per heavy atom. The number of aliphatic hydroxyl groups excluding tert-OH is 1. The molecule has 0 unspecified atom stereocenters. The van der Waals surface area contributed by atoms with E-state index in [1.165, 1.54) is 0 Å². The number of hydrogen-bond acceptors (Lipinski definition) is 3. The summed E-state index contributed by atoms with van der Waals surface area (Å²) in [5, 5.41) is 9.14. The van der Waals surface area contributed by atoms with Gasteiger partial charge in [0.15, 0.2) is 0 Å². The summed E-state index contributed by atoms with van der Waals surface area (Å²) in [5.74, 6) is 0.657. The molecule has 2 atom stereocenters. The lowest BCUT2D eigenvalue weighted by atomic mass is 9.88. The molecule has 1 fully saturated rings. The predicted octanol–water partition coefficient (Wildman–Crippen LogP) is 1.87. The van der Waals surface area contributed by atoms with Gasteiger partial charge in [-0.05, 0) is 39.0 Å². The smallest absolute Gasteiger partial charge is 0.410 e. The second-order valence-electron chi connectivity index (χ2n) is 5.63. The van der Waals surface area contributed by atoms with Gasteiger partial charge in [0.2, 0.25) is 0 Å². The zero-order valence-electron chi connectivity index (χ0n) is 10.7. The van der Waals surface area contributed by atoms with Crippen LogP contribution in [0.5, 0.6) is 0 Å². The second-order valence-corrected chi connectivity index (χ2v) is 5.63. The van der Waals surface area contributed by atoms with Gasteiger partial charge in [-0.2, -0.15) is 0 Å². The molecule has 1 rings (SSSR count). The number of nitrogens with zero attached hydrogens (tertiary/aromatic N) is 1. The highest BCUT2D eigenvalue weighted by atomic mass is 16.6. The molecule has 94 valence electrons. The first-order valence-corrected chi connectivity index (χ1v) is 5.92. The van der Waals surface area contributed by atoms with Crippen molar-refractivity contribution < 1.29 is 14.6 Å². The molecule has 0 aromatic rings. The fourth-order valence-electron chi connectivity index (χ4n) is 1.96. The molecule has 16 heavy (non-hydrogen) atoms. The van der Waals surface area contributed by atoms with Crippen molar-refractivity contribution in [2.45, 2.75) is 39.7 Å². The highest BCUT2D eigenvalue weighted by Gasteiger charge is 2.30. The minimum atomic E-state index is -0.436. The Kier molecular flexibility index (Phi) is 4.19. The molecule has 0 bridgehead atoms. The zero-order valence-corrected chi connectivity index (χ0v) is 10.7. The minimum absolute atomic E-state index is 0.212. The van der Waals surface area contributed by atoms with Crippen molar-refractivity contribution in [3.63, 3.8) is 0 Å². The molecule has 4 nitrogen and oxygen atoms in total. The molecule has 1 heterocycles. The lowest BCUT2D eigenvalue weighted by Crippen LogP contribution is -2.45. The van der Waals surface area contributed by atoms with Crippen molar-refractivity contribution in [1.82, 2.24) is 4.90 Å². The standard InChI is InChI=1S/C12H23NO3/c1-9-7-13(6-5-10(9)8-14)11(15)16-12(2,3)4/h9-10,14H,5-8H2,1-4H3/t9-,10+/m0/s1. The number of amides is 1. The highest BCUT2D eigenvalue weighted by molar-refractivity contribution is 5.68. The van der Waals surface area contributed by atoms with E-state index in [9.17, 15) is 4.79 Å². The van der Waals surface area contributed by atoms with Crippen molar-refractivity contribution in [1.29, 1.82) is 0 Å². The van der Waals surface area contributed by atoms with Gasteiger partial charge in [-0.1, -0.05) is 6.92 Å². The summed E-state index contributed by atoms with van der Waals surface area (Å²) in [5.41, 5.74) is -0.436. The van der Waals surface area contributed by atoms with Crippen LogP contribution >= 0.6 is 0 Å². The normalized spacial score (nSPS) is 26.7. The maximum Gasteiger partial charge on any atom is 0.410 e. The summed E-state index contributed by atoms with van der Waals surface area (Å²) in [6.45, 7) is 9.25. The first-order chi connectivity index (χ1) is 7.33. The van der Waals surface area contributed by atoms with E-state index in [1.54, 1.807) is 4.90 Å². The summed E-state index contributed by atoms with van der Waals surface area (Å²) in [4.78, 5) is 13.5. The SMILES string of the molecule is C[C@H]1CN(C(=O)OC(C)(C)C)CC[C@@H]1CO. The summed E-state index contributed by atoms with van der Waals surface area (Å²) >= 11 is 0. The fourth-order valence-corrected chi connectivity index (χ4v) is 1.96. The molecule has 1 amide bonds. The topological polar surface area (TPSA) is 49.8 Å². The number of carbonyl (C=O) groups is 1. The Morgan fingerprint density at radius 1 is 1.50 bits per heavy atom. The van der Waals surface area contributed by atoms with Crippen molar-refractivity contribution in [3.8, 4) is 0 Å². The van der Waals surface area contributed by atoms with Gasteiger partial charge >= 0.3 is 6.09 Å². The molecule has 0 aromatic heterocycles. The van der Waals surface area contributed by atoms with Crippen molar-refractivity contribution >= 4 is 6.09 Å². The van der Waals surface area contributed by atoms with Crippen LogP contribution in [0.2, 0.25) is 0 Å². The summed E-state index contributed by atoms with van der Waals surface area (Å²) in [6, 6.07) is 0. The number of carbonyl (C=O) groups excluding carboxylic acids is 1. The van der Waals surface area contributed by atoms with Crippen LogP contribution in [0.1, 0.15) is 34.1 Å². The second kappa shape index (κ2) is 5.04. The molecule has 0 radical (unpaired) electrons. The Balaban J connectivity index is 2.48. The third-order valence-corrected chi connectivity index (χ3v) is 2.97. The molecule has 1 aliphatic heterocycles. The molecule has 0 aliphatic carbocycles. The minimum Gasteiger partial charge on any atom is -0.444 e. The first-order valence-electron chi connectivity index (χ1n) is 5.92. The molecule has 1 aliphatic rings. The van der Waals surface area contributed by atoms with E-state index in [2.05, 4.69) is 6.92 Å². The number of piperidine rings is 1. The average Bonchev–Trinajstić information content (AvgIpc) is 2.15. The molecular weight excluding hydrogens is 206 g/mol. The maximum absolute atomic E-state index is 11.8. The largest absolute Gasteiger partial charge is 0.444 e. The van der Waals surface area contributed by atoms with Crippen LogP contribution in [-0.4, -0.2) is 41.4 Å². The first kappa shape index (κ1) is 13.3. The highest BCUT2D eigenvalue weighted by Crippen LogP contribution is 2.24. The monoisotopic (exact) mass is 229 g/mol. The van der Waals surface area contributed by atoms with Crippen molar-refractivity contribution in [2.24, 2.45) is 11.8 Å². The fraction of sp³-hybridized carbons (Fsp3) is 0.917. The number of hydrogen-bond donors (Lipinski definition) is 1. The maximum atomic E-state index is 11.8. The van der Waals surface area contributed by atoms with Gasteiger partial charge < -0.3 is 14.7 Å². The number of rotatable bonds is 1. The van der Waals surface area contributed by atoms with Gasteiger partial charge in [-0.25, -0.2) is 4.79 Å². The average molecular weight is 229 g/mol. The molecule has 1 N–H and O–H groups in total. The Hall–Kier alpha value is -0.770. The van der Waals surface area contributed by atoms with E-state index < -0.39 is 5.60 Å². The third-order valence-electron chi connectivity index (χ3n) is 2.97. The number of likely N-dealkylation sites (tertiary alicyclic amines) is 1. The zero-order chi connectivity index (χ0) is 12.3. The van der Waals surface area contributed by atoms with Crippen LogP contribution in [0.4, 0.5) is 4.79 Å². The molecule has 4 heteroatoms. The number of aliphatic hydroxyl groups is 1. The van der Waals surface area contributed by atoms with Crippen LogP contribution in [-0.2, 0) is 4.74 Å². The van der Waals surface area contributed by atoms with E-state index in [1.807, 2.05) is 20.8 Å². The lowest BCUT2D eigenvalue weighted by Gasteiger charge is -2.36. The van der Waals surface area contributed by atoms with E-state index in [4.69, 9.17) is 9.84 Å². The van der Waals surface area contributed by atoms with E-state index in [0.717, 1.165) is 6.42 Å². The van der Waals surface area contributed by atoms with Crippen LogP contribution in [0.3, 0.4) is 0 Å². The van der Waals surface area contributed by atoms with Crippen LogP contribution in [0.25, 0.3) is 0 Å². The summed E-state index contributed by atoms with van der Waals surface area (Å²) < 4.78 is 5.32. The van der Waals surface area contributed by atoms with Gasteiger partial charge in [-0.15, -0.1) is 0 Å². The van der Waals surface area contributed by atoms with Gasteiger partial charge in [-0.3, -0.25) is 0 Å². The molecule has 0 saturated carbocycles. The van der Waals surface area contributed by atoms with E-state index >= 15 is 0 Å². The molecular formula is C12H23NO3. The summed E-state index contributed by atoms with van der Waals surface area (Å²) in [7, 11) is 0. The Bertz CT molecular complexity index is 247. The van der Waals surface area contributed by atoms with Crippen LogP contribution in [0.15, 0.2) is 0 Å². The van der Waals surface area contributed by atoms with Crippen molar-refractivity contribution in [2.75, 3.05) is 19.7 Å². The molecule has 1 saturated heterocycles. The quantitative estimate of drug-likeness (QED) is 0.746. The number of ether oxygens (including phenoxy) is 1. The van der Waals surface area contributed by atoms with Crippen molar-refractivity contribution in [3.05, 3.63) is 0 Å². The predicted molar refractivity (Wildman–Crippen MR) is 62.2 cm³/mol. The lowest BCUT2D eigenvalue weighted by molar-refractivity contribution is 0.00695. The Labute approximate surface area is 97.6 Å². The van der Waals surface area contributed by atoms with Crippen LogP contribution < -0.4 is 0 Å². The molecule has 0 spiro atoms. The van der Waals surface area contributed by atoms with Crippen LogP contribution in [0, 0.1) is 11.8 Å². The Morgan fingerprint density at radius 3 is 2.56 bits per heavy atom.